The van der Waals surface area contributed by atoms with Crippen molar-refractivity contribution in [2.45, 2.75) is 25.7 Å². The first kappa shape index (κ1) is 35.7. The standard InChI is InChI=1S/C37H44NO7PS/c1-42-34-28-30(29-35(43-2)37(34)44-3)24-25-36(39)38-26-16-5-6-17-27-46(45-47(4,40)41,31-18-10-7-11-19-31,32-20-12-8-13-21-32)33-22-14-9-15-23-33/h7-15,18-25,28-29H,5-6,16-17,26-27H2,1-4H3,(H,38,39)/b25-24+. The molecule has 1 amide bonds. The zero-order valence-corrected chi connectivity index (χ0v) is 29.1. The molecule has 0 saturated heterocycles. The summed E-state index contributed by atoms with van der Waals surface area (Å²) in [7, 11) is 0.731. The van der Waals surface area contributed by atoms with Crippen molar-refractivity contribution < 1.29 is 31.4 Å². The van der Waals surface area contributed by atoms with E-state index in [-0.39, 0.29) is 5.91 Å². The first-order valence-electron chi connectivity index (χ1n) is 15.5. The first-order valence-corrected chi connectivity index (χ1v) is 19.7. The second-order valence-corrected chi connectivity index (χ2v) is 17.6. The second kappa shape index (κ2) is 16.1. The molecule has 4 aromatic carbocycles. The molecule has 8 nitrogen and oxygen atoms in total. The molecule has 1 N–H and O–H groups in total. The average molecular weight is 678 g/mol. The molecule has 0 heterocycles. The van der Waals surface area contributed by atoms with Crippen LogP contribution >= 0.6 is 6.83 Å². The Kier molecular flexibility index (Phi) is 12.2. The van der Waals surface area contributed by atoms with Crippen molar-refractivity contribution in [3.05, 3.63) is 115 Å². The minimum absolute atomic E-state index is 0.206. The SMILES string of the molecule is COc1cc(/C=C/C(=O)NCCCCCCP(OS(C)(=O)=O)(c2ccccc2)(c2ccccc2)c2ccccc2)cc(OC)c1OC. The van der Waals surface area contributed by atoms with Crippen molar-refractivity contribution in [1.82, 2.24) is 5.32 Å². The number of unbranched alkanes of at least 4 members (excludes halogenated alkanes) is 3. The molecular weight excluding hydrogens is 633 g/mol. The fraction of sp³-hybridized carbons (Fsp3) is 0.270. The molecule has 250 valence electrons. The fourth-order valence-electron chi connectivity index (χ4n) is 6.06. The van der Waals surface area contributed by atoms with Gasteiger partial charge in [-0.2, -0.15) is 0 Å². The van der Waals surface area contributed by atoms with E-state index in [0.717, 1.165) is 53.4 Å². The van der Waals surface area contributed by atoms with Crippen molar-refractivity contribution in [2.75, 3.05) is 40.3 Å². The van der Waals surface area contributed by atoms with Gasteiger partial charge in [-0.1, -0.05) is 0 Å². The summed E-state index contributed by atoms with van der Waals surface area (Å²) < 4.78 is 49.1. The third kappa shape index (κ3) is 8.22. The van der Waals surface area contributed by atoms with Gasteiger partial charge in [0.1, 0.15) is 0 Å². The fourth-order valence-corrected chi connectivity index (χ4v) is 14.7. The summed E-state index contributed by atoms with van der Waals surface area (Å²) in [5.74, 6) is 1.30. The minimum Gasteiger partial charge on any atom is -0.493 e. The molecule has 4 aromatic rings. The van der Waals surface area contributed by atoms with Crippen LogP contribution in [0.2, 0.25) is 0 Å². The van der Waals surface area contributed by atoms with Gasteiger partial charge in [-0.3, -0.25) is 0 Å². The van der Waals surface area contributed by atoms with Crippen molar-refractivity contribution >= 4 is 44.8 Å². The summed E-state index contributed by atoms with van der Waals surface area (Å²) in [6, 6.07) is 32.9. The summed E-state index contributed by atoms with van der Waals surface area (Å²) in [5.41, 5.74) is 0.738. The monoisotopic (exact) mass is 677 g/mol. The van der Waals surface area contributed by atoms with E-state index in [1.165, 1.54) is 6.08 Å². The molecule has 0 aliphatic carbocycles. The van der Waals surface area contributed by atoms with Crippen molar-refractivity contribution in [2.24, 2.45) is 0 Å². The first-order chi connectivity index (χ1) is 22.7. The Morgan fingerprint density at radius 1 is 0.702 bits per heavy atom. The van der Waals surface area contributed by atoms with Crippen LogP contribution in [0, 0.1) is 0 Å². The van der Waals surface area contributed by atoms with Crippen LogP contribution < -0.4 is 35.4 Å². The van der Waals surface area contributed by atoms with Crippen LogP contribution in [0.3, 0.4) is 0 Å². The van der Waals surface area contributed by atoms with Crippen LogP contribution in [-0.2, 0) is 18.9 Å². The van der Waals surface area contributed by atoms with Gasteiger partial charge in [0, 0.05) is 0 Å². The molecule has 0 aliphatic rings. The summed E-state index contributed by atoms with van der Waals surface area (Å²) in [5, 5.41) is 5.55. The van der Waals surface area contributed by atoms with E-state index in [1.54, 1.807) is 39.5 Å². The van der Waals surface area contributed by atoms with Gasteiger partial charge in [-0.15, -0.1) is 0 Å². The smallest absolute Gasteiger partial charge is 0.493 e. The summed E-state index contributed by atoms with van der Waals surface area (Å²) >= 11 is 0. The van der Waals surface area contributed by atoms with Crippen molar-refractivity contribution in [3.8, 4) is 17.2 Å². The third-order valence-electron chi connectivity index (χ3n) is 8.13. The number of ether oxygens (including phenoxy) is 3. The topological polar surface area (TPSA) is 100 Å². The van der Waals surface area contributed by atoms with Gasteiger partial charge in [-0.25, -0.2) is 0 Å². The van der Waals surface area contributed by atoms with Gasteiger partial charge >= 0.3 is 227 Å². The van der Waals surface area contributed by atoms with E-state index < -0.39 is 16.9 Å². The zero-order chi connectivity index (χ0) is 33.8. The normalized spacial score (nSPS) is 12.6. The molecule has 10 heteroatoms. The van der Waals surface area contributed by atoms with E-state index in [2.05, 4.69) is 5.32 Å². The molecule has 0 unspecified atom stereocenters. The Morgan fingerprint density at radius 3 is 1.60 bits per heavy atom. The van der Waals surface area contributed by atoms with Gasteiger partial charge < -0.3 is 14.2 Å². The average Bonchev–Trinajstić information content (AvgIpc) is 3.10. The number of methoxy groups -OCH3 is 3. The molecule has 0 atom stereocenters. The van der Waals surface area contributed by atoms with Crippen LogP contribution in [0.4, 0.5) is 0 Å². The summed E-state index contributed by atoms with van der Waals surface area (Å²) in [4.78, 5) is 12.6. The van der Waals surface area contributed by atoms with E-state index in [9.17, 15) is 13.2 Å². The minimum atomic E-state index is -3.98. The maximum atomic E-state index is 13.2. The summed E-state index contributed by atoms with van der Waals surface area (Å²) in [6.07, 6.45) is 8.00. The Bertz CT molecular complexity index is 1620. The van der Waals surface area contributed by atoms with Crippen LogP contribution in [0.25, 0.3) is 6.08 Å². The van der Waals surface area contributed by atoms with Gasteiger partial charge in [0.15, 0.2) is 11.5 Å². The van der Waals surface area contributed by atoms with E-state index in [0.29, 0.717) is 30.0 Å². The van der Waals surface area contributed by atoms with Crippen LogP contribution in [0.5, 0.6) is 17.2 Å². The Morgan fingerprint density at radius 2 is 1.17 bits per heavy atom. The molecule has 0 aromatic heterocycles. The molecule has 47 heavy (non-hydrogen) atoms. The molecule has 0 bridgehead atoms. The number of hydrogen-bond donors (Lipinski definition) is 1. The molecule has 0 fully saturated rings. The van der Waals surface area contributed by atoms with Crippen LogP contribution in [-0.4, -0.2) is 54.6 Å². The molecular formula is C37H44NO7PS. The molecule has 0 aliphatic heterocycles. The number of amides is 1. The van der Waals surface area contributed by atoms with Gasteiger partial charge in [0.2, 0.25) is 5.75 Å². The number of benzene rings is 4. The second-order valence-electron chi connectivity index (χ2n) is 11.2. The number of carbonyl (C=O) groups is 1. The maximum absolute atomic E-state index is 13.2. The molecule has 0 spiro atoms. The molecule has 0 radical (unpaired) electrons. The van der Waals surface area contributed by atoms with E-state index in [4.69, 9.17) is 18.2 Å². The zero-order valence-electron chi connectivity index (χ0n) is 27.4. The predicted octanol–water partition coefficient (Wildman–Crippen LogP) is 5.82. The molecule has 4 rings (SSSR count). The van der Waals surface area contributed by atoms with Crippen LogP contribution in [0.15, 0.2) is 109 Å². The quantitative estimate of drug-likeness (QED) is 0.0854. The van der Waals surface area contributed by atoms with Gasteiger partial charge in [-0.05, 0) is 0 Å². The number of carbonyl (C=O) groups excluding carboxylic acids is 1. The third-order valence-corrected chi connectivity index (χ3v) is 15.9. The Balaban J connectivity index is 1.48. The van der Waals surface area contributed by atoms with Gasteiger partial charge in [0.25, 0.3) is 0 Å². The number of nitrogens with one attached hydrogen (secondary N) is 1. The molecule has 0 saturated carbocycles. The van der Waals surface area contributed by atoms with E-state index >= 15 is 0 Å². The Labute approximate surface area is 278 Å². The number of hydrogen-bond acceptors (Lipinski definition) is 7. The van der Waals surface area contributed by atoms with E-state index in [1.807, 2.05) is 91.0 Å². The van der Waals surface area contributed by atoms with Crippen molar-refractivity contribution in [1.29, 1.82) is 0 Å². The van der Waals surface area contributed by atoms with Gasteiger partial charge in [0.05, 0.1) is 21.3 Å². The predicted molar refractivity (Wildman–Crippen MR) is 193 cm³/mol. The van der Waals surface area contributed by atoms with Crippen molar-refractivity contribution in [3.63, 3.8) is 0 Å². The van der Waals surface area contributed by atoms with Crippen LogP contribution in [0.1, 0.15) is 31.2 Å². The Hall–Kier alpha value is -4.17. The number of rotatable bonds is 17. The summed E-state index contributed by atoms with van der Waals surface area (Å²) in [6.45, 7) is -3.47.